The molecule has 0 spiro atoms. The minimum atomic E-state index is 0.574. The molecule has 3 aliphatic carbocycles. The topological polar surface area (TPSA) is 0 Å². The molecule has 3 rings (SSSR count). The molecule has 0 saturated heterocycles. The van der Waals surface area contributed by atoms with Gasteiger partial charge in [-0.1, -0.05) is 68.7 Å². The third-order valence-electron chi connectivity index (χ3n) is 8.80. The first-order chi connectivity index (χ1) is 11.2. The lowest BCUT2D eigenvalue weighted by atomic mass is 9.41. The number of hydrogen-bond acceptors (Lipinski definition) is 0. The summed E-state index contributed by atoms with van der Waals surface area (Å²) in [5.74, 6) is 6.69. The first-order valence-corrected chi connectivity index (χ1v) is 11.2. The minimum Gasteiger partial charge on any atom is -0.0683 e. The van der Waals surface area contributed by atoms with E-state index in [1.54, 1.807) is 0 Å². The van der Waals surface area contributed by atoms with Crippen molar-refractivity contribution in [3.63, 3.8) is 0 Å². The average molecular weight is 335 g/mol. The van der Waals surface area contributed by atoms with Crippen LogP contribution in [-0.2, 0) is 0 Å². The van der Waals surface area contributed by atoms with Crippen LogP contribution in [0.2, 0.25) is 0 Å². The molecule has 0 nitrogen and oxygen atoms in total. The molecular weight excluding hydrogens is 288 g/mol. The van der Waals surface area contributed by atoms with Gasteiger partial charge in [-0.3, -0.25) is 0 Å². The molecule has 0 aromatic heterocycles. The van der Waals surface area contributed by atoms with Crippen molar-refractivity contribution in [1.29, 1.82) is 0 Å². The third-order valence-corrected chi connectivity index (χ3v) is 8.80. The Kier molecular flexibility index (Phi) is 6.19. The molecule has 0 heterocycles. The van der Waals surface area contributed by atoms with Crippen LogP contribution >= 0.6 is 0 Å². The Balaban J connectivity index is 0.00000100. The van der Waals surface area contributed by atoms with Gasteiger partial charge in [-0.15, -0.1) is 0 Å². The first kappa shape index (κ1) is 20.3. The lowest BCUT2D eigenvalue weighted by Gasteiger charge is -2.64. The maximum Gasteiger partial charge on any atom is -0.0261 e. The van der Waals surface area contributed by atoms with Crippen molar-refractivity contribution in [2.75, 3.05) is 0 Å². The van der Waals surface area contributed by atoms with Gasteiger partial charge in [0.25, 0.3) is 0 Å². The van der Waals surface area contributed by atoms with Gasteiger partial charge in [0.2, 0.25) is 0 Å². The lowest BCUT2D eigenvalue weighted by molar-refractivity contribution is -0.154. The molecule has 3 fully saturated rings. The zero-order valence-corrected chi connectivity index (χ0v) is 18.3. The monoisotopic (exact) mass is 334 g/mol. The predicted molar refractivity (Wildman–Crippen MR) is 108 cm³/mol. The van der Waals surface area contributed by atoms with Crippen molar-refractivity contribution < 1.29 is 0 Å². The van der Waals surface area contributed by atoms with Gasteiger partial charge in [0, 0.05) is 0 Å². The summed E-state index contributed by atoms with van der Waals surface area (Å²) in [6.45, 7) is 22.0. The van der Waals surface area contributed by atoms with Gasteiger partial charge in [0.05, 0.1) is 0 Å². The van der Waals surface area contributed by atoms with Crippen molar-refractivity contribution >= 4 is 0 Å². The van der Waals surface area contributed by atoms with Gasteiger partial charge in [-0.2, -0.15) is 0 Å². The summed E-state index contributed by atoms with van der Waals surface area (Å²) in [7, 11) is 0. The average Bonchev–Trinajstić information content (AvgIpc) is 2.51. The molecule has 3 saturated carbocycles. The van der Waals surface area contributed by atoms with Gasteiger partial charge in [0.1, 0.15) is 0 Å². The SMILES string of the molecule is CC.CC(C)C1CCC2C(C(C)CC3C(C)(C)CCCC23C)C1C. The summed E-state index contributed by atoms with van der Waals surface area (Å²) in [5.41, 5.74) is 1.21. The van der Waals surface area contributed by atoms with Crippen LogP contribution in [0.4, 0.5) is 0 Å². The van der Waals surface area contributed by atoms with E-state index in [1.165, 1.54) is 38.5 Å². The quantitative estimate of drug-likeness (QED) is 0.458. The lowest BCUT2D eigenvalue weighted by Crippen LogP contribution is -2.57. The molecule has 0 N–H and O–H groups in total. The molecule has 0 aromatic carbocycles. The molecule has 0 heteroatoms. The Bertz CT molecular complexity index is 406. The molecule has 0 amide bonds. The second-order valence-electron chi connectivity index (χ2n) is 10.6. The molecule has 24 heavy (non-hydrogen) atoms. The van der Waals surface area contributed by atoms with Gasteiger partial charge >= 0.3 is 0 Å². The molecule has 7 unspecified atom stereocenters. The molecule has 7 atom stereocenters. The Morgan fingerprint density at radius 2 is 1.54 bits per heavy atom. The Morgan fingerprint density at radius 1 is 0.917 bits per heavy atom. The normalized spacial score (nSPS) is 47.2. The van der Waals surface area contributed by atoms with Crippen LogP contribution in [0.15, 0.2) is 0 Å². The van der Waals surface area contributed by atoms with E-state index in [9.17, 15) is 0 Å². The van der Waals surface area contributed by atoms with E-state index < -0.39 is 0 Å². The zero-order chi connectivity index (χ0) is 18.3. The zero-order valence-electron chi connectivity index (χ0n) is 18.3. The minimum absolute atomic E-state index is 0.574. The summed E-state index contributed by atoms with van der Waals surface area (Å²) in [6.07, 6.45) is 8.95. The highest BCUT2D eigenvalue weighted by Gasteiger charge is 2.58. The fourth-order valence-electron chi connectivity index (χ4n) is 7.83. The van der Waals surface area contributed by atoms with Gasteiger partial charge in [-0.25, -0.2) is 0 Å². The second kappa shape index (κ2) is 7.32. The van der Waals surface area contributed by atoms with E-state index in [0.29, 0.717) is 10.8 Å². The number of fused-ring (bicyclic) bond motifs is 3. The molecular formula is C24H46. The molecule has 0 aromatic rings. The van der Waals surface area contributed by atoms with Crippen molar-refractivity contribution in [2.24, 2.45) is 52.3 Å². The Labute approximate surface area is 153 Å². The van der Waals surface area contributed by atoms with Crippen LogP contribution in [0.3, 0.4) is 0 Å². The van der Waals surface area contributed by atoms with E-state index >= 15 is 0 Å². The van der Waals surface area contributed by atoms with E-state index in [0.717, 1.165) is 41.4 Å². The maximum atomic E-state index is 2.70. The standard InChI is InChI=1S/C22H40.C2H6/c1-14(2)17-9-10-18-20(16(17)4)15(3)13-19-21(5,6)11-8-12-22(18,19)7;1-2/h14-20H,8-13H2,1-7H3;1-2H3. The van der Waals surface area contributed by atoms with Gasteiger partial charge in [-0.05, 0) is 84.4 Å². The number of rotatable bonds is 1. The Hall–Kier alpha value is 0. The summed E-state index contributed by atoms with van der Waals surface area (Å²) in [5, 5.41) is 0. The van der Waals surface area contributed by atoms with Crippen LogP contribution in [-0.4, -0.2) is 0 Å². The summed E-state index contributed by atoms with van der Waals surface area (Å²) >= 11 is 0. The fraction of sp³-hybridized carbons (Fsp3) is 1.00. The molecule has 0 aliphatic heterocycles. The second-order valence-corrected chi connectivity index (χ2v) is 10.6. The molecule has 142 valence electrons. The fourth-order valence-corrected chi connectivity index (χ4v) is 7.83. The van der Waals surface area contributed by atoms with E-state index in [1.807, 2.05) is 13.8 Å². The molecule has 3 aliphatic rings. The van der Waals surface area contributed by atoms with Crippen molar-refractivity contribution in [1.82, 2.24) is 0 Å². The van der Waals surface area contributed by atoms with E-state index in [-0.39, 0.29) is 0 Å². The number of hydrogen-bond donors (Lipinski definition) is 0. The highest BCUT2D eigenvalue weighted by Crippen LogP contribution is 2.66. The van der Waals surface area contributed by atoms with Crippen LogP contribution in [0.25, 0.3) is 0 Å². The highest BCUT2D eigenvalue weighted by atomic mass is 14.6. The maximum absolute atomic E-state index is 2.70. The van der Waals surface area contributed by atoms with Crippen molar-refractivity contribution in [3.05, 3.63) is 0 Å². The highest BCUT2D eigenvalue weighted by molar-refractivity contribution is 5.07. The largest absolute Gasteiger partial charge is 0.0683 e. The van der Waals surface area contributed by atoms with Gasteiger partial charge in [0.15, 0.2) is 0 Å². The van der Waals surface area contributed by atoms with Crippen LogP contribution in [0.1, 0.15) is 101 Å². The summed E-state index contributed by atoms with van der Waals surface area (Å²) in [4.78, 5) is 0. The summed E-state index contributed by atoms with van der Waals surface area (Å²) in [6, 6.07) is 0. The predicted octanol–water partition coefficient (Wildman–Crippen LogP) is 7.82. The first-order valence-electron chi connectivity index (χ1n) is 11.2. The smallest absolute Gasteiger partial charge is 0.0261 e. The van der Waals surface area contributed by atoms with E-state index in [2.05, 4.69) is 48.5 Å². The van der Waals surface area contributed by atoms with Gasteiger partial charge < -0.3 is 0 Å². The third kappa shape index (κ3) is 3.21. The van der Waals surface area contributed by atoms with Crippen molar-refractivity contribution in [2.45, 2.75) is 101 Å². The van der Waals surface area contributed by atoms with Crippen LogP contribution in [0.5, 0.6) is 0 Å². The molecule has 0 bridgehead atoms. The van der Waals surface area contributed by atoms with Crippen LogP contribution < -0.4 is 0 Å². The summed E-state index contributed by atoms with van der Waals surface area (Å²) < 4.78 is 0. The molecule has 0 radical (unpaired) electrons. The Morgan fingerprint density at radius 3 is 2.12 bits per heavy atom. The van der Waals surface area contributed by atoms with E-state index in [4.69, 9.17) is 0 Å². The van der Waals surface area contributed by atoms with Crippen molar-refractivity contribution in [3.8, 4) is 0 Å². The van der Waals surface area contributed by atoms with Crippen LogP contribution in [0, 0.1) is 52.3 Å².